The van der Waals surface area contributed by atoms with Crippen molar-refractivity contribution in [3.63, 3.8) is 0 Å². The van der Waals surface area contributed by atoms with Gasteiger partial charge < -0.3 is 20.8 Å². The summed E-state index contributed by atoms with van der Waals surface area (Å²) in [5, 5.41) is 0.717. The Kier molecular flexibility index (Phi) is 5.87. The van der Waals surface area contributed by atoms with Gasteiger partial charge in [-0.3, -0.25) is 4.79 Å². The van der Waals surface area contributed by atoms with Crippen molar-refractivity contribution in [2.75, 3.05) is 5.73 Å². The van der Waals surface area contributed by atoms with Crippen LogP contribution in [0.15, 0.2) is 97.1 Å². The molecule has 0 saturated carbocycles. The first kappa shape index (κ1) is 22.4. The number of hydrogen-bond acceptors (Lipinski definition) is 5. The largest absolute Gasteiger partial charge is 0.457 e. The summed E-state index contributed by atoms with van der Waals surface area (Å²) in [7, 11) is 0. The Morgan fingerprint density at radius 2 is 1.72 bits per heavy atom. The lowest BCUT2D eigenvalue weighted by Crippen LogP contribution is -2.11. The van der Waals surface area contributed by atoms with Crippen LogP contribution in [-0.4, -0.2) is 20.4 Å². The van der Waals surface area contributed by atoms with Crippen LogP contribution >= 0.6 is 0 Å². The van der Waals surface area contributed by atoms with Crippen molar-refractivity contribution >= 4 is 28.8 Å². The highest BCUT2D eigenvalue weighted by Gasteiger charge is 2.16. The van der Waals surface area contributed by atoms with E-state index in [1.165, 1.54) is 12.4 Å². The fourth-order valence-electron chi connectivity index (χ4n) is 3.91. The van der Waals surface area contributed by atoms with Crippen molar-refractivity contribution in [3.05, 3.63) is 114 Å². The Hall–Kier alpha value is -5.42. The number of fused-ring (bicyclic) bond motifs is 1. The normalized spacial score (nSPS) is 11.2. The molecule has 8 heteroatoms. The van der Waals surface area contributed by atoms with Gasteiger partial charge in [0.05, 0.1) is 12.0 Å². The second-order valence-corrected chi connectivity index (χ2v) is 7.91. The quantitative estimate of drug-likeness (QED) is 0.260. The zero-order valence-electron chi connectivity index (χ0n) is 19.0. The number of nitrogens with zero attached hydrogens (tertiary/aromatic N) is 4. The molecule has 0 aliphatic rings. The van der Waals surface area contributed by atoms with Gasteiger partial charge >= 0.3 is 0 Å². The lowest BCUT2D eigenvalue weighted by molar-refractivity contribution is -0.114. The first-order valence-electron chi connectivity index (χ1n) is 11.0. The predicted octanol–water partition coefficient (Wildman–Crippen LogP) is 5.21. The predicted molar refractivity (Wildman–Crippen MR) is 139 cm³/mol. The van der Waals surface area contributed by atoms with Gasteiger partial charge in [-0.05, 0) is 53.6 Å². The molecule has 3 aromatic carbocycles. The van der Waals surface area contributed by atoms with Gasteiger partial charge in [0.1, 0.15) is 23.6 Å². The minimum Gasteiger partial charge on any atom is -0.457 e. The summed E-state index contributed by atoms with van der Waals surface area (Å²) in [5.41, 5.74) is 15.3. The van der Waals surface area contributed by atoms with E-state index in [4.69, 9.17) is 22.8 Å². The highest BCUT2D eigenvalue weighted by Crippen LogP contribution is 2.35. The molecule has 36 heavy (non-hydrogen) atoms. The number of aromatic nitrogens is 3. The van der Waals surface area contributed by atoms with Gasteiger partial charge in [-0.2, -0.15) is 0 Å². The van der Waals surface area contributed by atoms with Crippen molar-refractivity contribution in [2.45, 2.75) is 0 Å². The average molecular weight is 473 g/mol. The number of carbonyl (C=O) groups excluding carboxylic acids is 1. The van der Waals surface area contributed by atoms with Crippen LogP contribution in [0.3, 0.4) is 0 Å². The molecule has 174 valence electrons. The molecule has 2 aromatic heterocycles. The van der Waals surface area contributed by atoms with Gasteiger partial charge in [0.2, 0.25) is 11.6 Å². The number of hydrogen-bond donors (Lipinski definition) is 2. The molecule has 4 N–H and O–H groups in total. The summed E-state index contributed by atoms with van der Waals surface area (Å²) in [6, 6.07) is 24.6. The van der Waals surface area contributed by atoms with E-state index in [2.05, 4.69) is 14.8 Å². The number of primary amides is 1. The zero-order valence-corrected chi connectivity index (χ0v) is 19.0. The Morgan fingerprint density at radius 1 is 0.972 bits per heavy atom. The van der Waals surface area contributed by atoms with Crippen molar-refractivity contribution in [1.82, 2.24) is 14.5 Å². The van der Waals surface area contributed by atoms with E-state index in [-0.39, 0.29) is 5.70 Å². The van der Waals surface area contributed by atoms with Crippen LogP contribution in [0.2, 0.25) is 0 Å². The minimum atomic E-state index is -0.774. The maximum atomic E-state index is 11.5. The summed E-state index contributed by atoms with van der Waals surface area (Å²) in [6.45, 7) is 7.18. The third-order valence-corrected chi connectivity index (χ3v) is 5.58. The summed E-state index contributed by atoms with van der Waals surface area (Å²) in [5.74, 6) is 1.05. The number of nitrogen functional groups attached to an aromatic ring is 1. The van der Waals surface area contributed by atoms with E-state index in [1.807, 2.05) is 83.6 Å². The van der Waals surface area contributed by atoms with Gasteiger partial charge in [-0.15, -0.1) is 0 Å². The molecule has 1 amide bonds. The zero-order chi connectivity index (χ0) is 25.1. The van der Waals surface area contributed by atoms with E-state index < -0.39 is 5.91 Å². The highest BCUT2D eigenvalue weighted by atomic mass is 16.5. The van der Waals surface area contributed by atoms with Gasteiger partial charge in [-0.25, -0.2) is 14.8 Å². The molecule has 0 saturated heterocycles. The van der Waals surface area contributed by atoms with E-state index >= 15 is 0 Å². The smallest absolute Gasteiger partial charge is 0.250 e. The number of amides is 1. The van der Waals surface area contributed by atoms with Gasteiger partial charge in [-0.1, -0.05) is 42.5 Å². The second kappa shape index (κ2) is 9.44. The average Bonchev–Trinajstić information content (AvgIpc) is 3.29. The molecule has 0 radical (unpaired) electrons. The SMILES string of the molecule is [C-]#[N+]/C(=C\c1cccc(-n2cc(-c3ccc(Oc4ccccc4)cc3)c3c(N)ncnc32)c1)C(N)=O. The molecule has 2 heterocycles. The third-order valence-electron chi connectivity index (χ3n) is 5.58. The van der Waals surface area contributed by atoms with Crippen LogP contribution < -0.4 is 16.2 Å². The third kappa shape index (κ3) is 4.36. The Morgan fingerprint density at radius 3 is 2.44 bits per heavy atom. The maximum absolute atomic E-state index is 11.5. The van der Waals surface area contributed by atoms with Crippen LogP contribution in [0, 0.1) is 6.57 Å². The van der Waals surface area contributed by atoms with Crippen molar-refractivity contribution in [2.24, 2.45) is 5.73 Å². The van der Waals surface area contributed by atoms with Crippen LogP contribution in [0.5, 0.6) is 11.5 Å². The number of nitrogens with two attached hydrogens (primary N) is 2. The molecule has 0 aliphatic heterocycles. The van der Waals surface area contributed by atoms with Crippen LogP contribution in [-0.2, 0) is 4.79 Å². The first-order chi connectivity index (χ1) is 17.5. The number of para-hydroxylation sites is 1. The fraction of sp³-hybridized carbons (Fsp3) is 0. The number of anilines is 1. The number of carbonyl (C=O) groups is 1. The van der Waals surface area contributed by atoms with E-state index in [0.717, 1.165) is 22.6 Å². The first-order valence-corrected chi connectivity index (χ1v) is 11.0. The topological polar surface area (TPSA) is 113 Å². The Balaban J connectivity index is 1.57. The van der Waals surface area contributed by atoms with Gasteiger partial charge in [0, 0.05) is 17.4 Å². The van der Waals surface area contributed by atoms with Gasteiger partial charge in [0.15, 0.2) is 5.65 Å². The number of benzene rings is 3. The molecule has 5 aromatic rings. The Labute approximate surface area is 206 Å². The molecular formula is C28H20N6O2. The standard InChI is InChI=1S/C28H20N6O2/c1-31-24(27(30)35)15-18-6-5-7-20(14-18)34-16-23(25-26(29)32-17-33-28(25)34)19-10-12-22(13-11-19)36-21-8-3-2-4-9-21/h2-17H,(H2,30,35)(H2,29,32,33)/b24-15-. The molecule has 5 rings (SSSR count). The van der Waals surface area contributed by atoms with Crippen LogP contribution in [0.1, 0.15) is 5.56 Å². The summed E-state index contributed by atoms with van der Waals surface area (Å²) < 4.78 is 7.81. The monoisotopic (exact) mass is 472 g/mol. The number of rotatable bonds is 6. The molecule has 0 aliphatic carbocycles. The minimum absolute atomic E-state index is 0.144. The molecule has 0 bridgehead atoms. The molecule has 0 atom stereocenters. The van der Waals surface area contributed by atoms with Crippen molar-refractivity contribution in [1.29, 1.82) is 0 Å². The molecule has 0 unspecified atom stereocenters. The van der Waals surface area contributed by atoms with Gasteiger partial charge in [0.25, 0.3) is 0 Å². The van der Waals surface area contributed by atoms with E-state index in [9.17, 15) is 4.79 Å². The van der Waals surface area contributed by atoms with Crippen molar-refractivity contribution in [3.8, 4) is 28.3 Å². The molecule has 0 spiro atoms. The molecule has 0 fully saturated rings. The fourth-order valence-corrected chi connectivity index (χ4v) is 3.91. The second-order valence-electron chi connectivity index (χ2n) is 7.91. The van der Waals surface area contributed by atoms with Crippen LogP contribution in [0.4, 0.5) is 5.82 Å². The molecule has 8 nitrogen and oxygen atoms in total. The van der Waals surface area contributed by atoms with Crippen molar-refractivity contribution < 1.29 is 9.53 Å². The van der Waals surface area contributed by atoms with E-state index in [1.54, 1.807) is 6.07 Å². The highest BCUT2D eigenvalue weighted by molar-refractivity contribution is 6.01. The Bertz CT molecular complexity index is 1650. The maximum Gasteiger partial charge on any atom is 0.250 e. The van der Waals surface area contributed by atoms with Crippen LogP contribution in [0.25, 0.3) is 38.8 Å². The lowest BCUT2D eigenvalue weighted by atomic mass is 10.1. The number of ether oxygens (including phenoxy) is 1. The summed E-state index contributed by atoms with van der Waals surface area (Å²) in [6.07, 6.45) is 4.82. The molecular weight excluding hydrogens is 452 g/mol. The van der Waals surface area contributed by atoms with E-state index in [0.29, 0.717) is 28.2 Å². The summed E-state index contributed by atoms with van der Waals surface area (Å²) in [4.78, 5) is 23.4. The lowest BCUT2D eigenvalue weighted by Gasteiger charge is -2.07. The summed E-state index contributed by atoms with van der Waals surface area (Å²) >= 11 is 0.